The average Bonchev–Trinajstić information content (AvgIpc) is 2.91. The molecule has 0 saturated heterocycles. The molecule has 3 amide bonds. The Kier molecular flexibility index (Phi) is 14.5. The van der Waals surface area contributed by atoms with Crippen molar-refractivity contribution in [1.29, 1.82) is 0 Å². The molecule has 0 fully saturated rings. The number of aryl methyl sites for hydroxylation is 1. The van der Waals surface area contributed by atoms with Gasteiger partial charge in [0.25, 0.3) is 0 Å². The quantitative estimate of drug-likeness (QED) is 0.152. The molecule has 2 aromatic carbocycles. The van der Waals surface area contributed by atoms with E-state index in [0.29, 0.717) is 44.3 Å². The third-order valence-electron chi connectivity index (χ3n) is 6.36. The predicted molar refractivity (Wildman–Crippen MR) is 159 cm³/mol. The maximum absolute atomic E-state index is 13.5. The molecule has 0 aliphatic carbocycles. The second kappa shape index (κ2) is 17.5. The summed E-state index contributed by atoms with van der Waals surface area (Å²) in [7, 11) is -3.66. The van der Waals surface area contributed by atoms with Gasteiger partial charge in [-0.3, -0.25) is 14.2 Å². The molecule has 1 unspecified atom stereocenters. The molecule has 0 aliphatic rings. The number of anilines is 1. The summed E-state index contributed by atoms with van der Waals surface area (Å²) in [6.07, 6.45) is 1.65. The van der Waals surface area contributed by atoms with Crippen LogP contribution in [0.25, 0.3) is 0 Å². The lowest BCUT2D eigenvalue weighted by molar-refractivity contribution is -0.129. The first-order valence-corrected chi connectivity index (χ1v) is 16.0. The Morgan fingerprint density at radius 2 is 1.60 bits per heavy atom. The van der Waals surface area contributed by atoms with Crippen LogP contribution in [0.5, 0.6) is 0 Å². The van der Waals surface area contributed by atoms with Gasteiger partial charge in [0.1, 0.15) is 6.04 Å². The van der Waals surface area contributed by atoms with Gasteiger partial charge in [-0.05, 0) is 62.6 Å². The molecular weight excluding hydrogens is 529 g/mol. The molecule has 0 saturated carbocycles. The molecule has 40 heavy (non-hydrogen) atoms. The Morgan fingerprint density at radius 3 is 2.23 bits per heavy atom. The van der Waals surface area contributed by atoms with Crippen molar-refractivity contribution in [2.75, 3.05) is 30.8 Å². The summed E-state index contributed by atoms with van der Waals surface area (Å²) in [6, 6.07) is 17.9. The van der Waals surface area contributed by atoms with E-state index in [2.05, 4.69) is 16.0 Å². The number of nitrogens with one attached hydrogen (secondary N) is 3. The summed E-state index contributed by atoms with van der Waals surface area (Å²) in [5, 5.41) is 8.34. The number of ether oxygens (including phenoxy) is 1. The molecule has 4 N–H and O–H groups in total. The summed E-state index contributed by atoms with van der Waals surface area (Å²) in [5.41, 5.74) is 1.66. The molecule has 3 atom stereocenters. The number of benzene rings is 2. The van der Waals surface area contributed by atoms with E-state index < -0.39 is 31.3 Å². The molecule has 10 heteroatoms. The highest BCUT2D eigenvalue weighted by atomic mass is 31.2. The number of rotatable bonds is 17. The van der Waals surface area contributed by atoms with Crippen LogP contribution in [0.3, 0.4) is 0 Å². The highest BCUT2D eigenvalue weighted by Gasteiger charge is 2.31. The van der Waals surface area contributed by atoms with Gasteiger partial charge in [0.2, 0.25) is 19.2 Å². The minimum atomic E-state index is -3.66. The van der Waals surface area contributed by atoms with Crippen LogP contribution in [0.2, 0.25) is 0 Å². The van der Waals surface area contributed by atoms with Gasteiger partial charge in [-0.15, -0.1) is 0 Å². The first kappa shape index (κ1) is 33.0. The summed E-state index contributed by atoms with van der Waals surface area (Å²) in [6.45, 7) is 6.27. The van der Waals surface area contributed by atoms with E-state index in [1.54, 1.807) is 19.1 Å². The Hall–Kier alpha value is -3.16. The zero-order valence-corrected chi connectivity index (χ0v) is 24.7. The normalized spacial score (nSPS) is 14.0. The number of hydrogen-bond acceptors (Lipinski definition) is 5. The Morgan fingerprint density at radius 1 is 0.950 bits per heavy atom. The van der Waals surface area contributed by atoms with E-state index in [1.807, 2.05) is 62.4 Å². The SMILES string of the molecule is CCOC(=O)NCCCCP(=O)(O)C[C@@H](CCc1ccccc1)C(=O)N[C@@H](CC(C)C)C(=O)Nc1ccccc1. The van der Waals surface area contributed by atoms with Gasteiger partial charge in [0.05, 0.1) is 6.61 Å². The van der Waals surface area contributed by atoms with Crippen molar-refractivity contribution in [3.8, 4) is 0 Å². The first-order chi connectivity index (χ1) is 19.1. The van der Waals surface area contributed by atoms with E-state index in [4.69, 9.17) is 4.74 Å². The lowest BCUT2D eigenvalue weighted by Gasteiger charge is -2.25. The minimum Gasteiger partial charge on any atom is -0.450 e. The van der Waals surface area contributed by atoms with E-state index in [1.165, 1.54) is 0 Å². The molecule has 0 bridgehead atoms. The molecule has 2 rings (SSSR count). The number of carbonyl (C=O) groups excluding carboxylic acids is 3. The van der Waals surface area contributed by atoms with Crippen LogP contribution in [0, 0.1) is 11.8 Å². The molecule has 220 valence electrons. The number of amides is 3. The van der Waals surface area contributed by atoms with Gasteiger partial charge in [-0.1, -0.05) is 62.4 Å². The standard InChI is InChI=1S/C30H44N3O6P/c1-4-39-30(36)31-19-11-12-20-40(37,38)22-25(18-17-24-13-7-5-8-14-24)28(34)33-27(21-23(2)3)29(35)32-26-15-9-6-10-16-26/h5-10,13-16,23,25,27H,4,11-12,17-22H2,1-3H3,(H,31,36)(H,32,35)(H,33,34)(H,37,38)/t25-,27+/m1/s1. The van der Waals surface area contributed by atoms with Gasteiger partial charge in [0, 0.05) is 30.5 Å². The van der Waals surface area contributed by atoms with Crippen LogP contribution < -0.4 is 16.0 Å². The molecule has 0 aliphatic heterocycles. The van der Waals surface area contributed by atoms with Crippen LogP contribution >= 0.6 is 7.37 Å². The fourth-order valence-corrected chi connectivity index (χ4v) is 6.26. The van der Waals surface area contributed by atoms with Crippen molar-refractivity contribution >= 4 is 31.0 Å². The van der Waals surface area contributed by atoms with Crippen LogP contribution in [0.15, 0.2) is 60.7 Å². The van der Waals surface area contributed by atoms with Crippen LogP contribution in [-0.2, 0) is 25.3 Å². The van der Waals surface area contributed by atoms with Crippen molar-refractivity contribution in [3.05, 3.63) is 66.2 Å². The van der Waals surface area contributed by atoms with Crippen molar-refractivity contribution in [3.63, 3.8) is 0 Å². The van der Waals surface area contributed by atoms with Crippen LogP contribution in [0.1, 0.15) is 52.0 Å². The first-order valence-electron chi connectivity index (χ1n) is 14.0. The second-order valence-corrected chi connectivity index (χ2v) is 12.9. The molecule has 2 aromatic rings. The van der Waals surface area contributed by atoms with Gasteiger partial charge >= 0.3 is 6.09 Å². The summed E-state index contributed by atoms with van der Waals surface area (Å²) >= 11 is 0. The maximum Gasteiger partial charge on any atom is 0.407 e. The third-order valence-corrected chi connectivity index (χ3v) is 8.39. The molecular formula is C30H44N3O6P. The summed E-state index contributed by atoms with van der Waals surface area (Å²) < 4.78 is 18.0. The summed E-state index contributed by atoms with van der Waals surface area (Å²) in [4.78, 5) is 48.8. The van der Waals surface area contributed by atoms with Gasteiger partial charge in [-0.25, -0.2) is 4.79 Å². The minimum absolute atomic E-state index is 0.0382. The predicted octanol–water partition coefficient (Wildman–Crippen LogP) is 5.20. The lowest BCUT2D eigenvalue weighted by atomic mass is 9.98. The second-order valence-electron chi connectivity index (χ2n) is 10.4. The average molecular weight is 574 g/mol. The highest BCUT2D eigenvalue weighted by Crippen LogP contribution is 2.44. The zero-order chi connectivity index (χ0) is 29.4. The van der Waals surface area contributed by atoms with Crippen LogP contribution in [-0.4, -0.2) is 54.3 Å². The smallest absolute Gasteiger partial charge is 0.407 e. The lowest BCUT2D eigenvalue weighted by Crippen LogP contribution is -2.47. The number of carbonyl (C=O) groups is 3. The Bertz CT molecular complexity index is 1100. The number of para-hydroxylation sites is 1. The van der Waals surface area contributed by atoms with Gasteiger partial charge < -0.3 is 25.6 Å². The molecule has 0 aromatic heterocycles. The Labute approximate surface area is 237 Å². The monoisotopic (exact) mass is 573 g/mol. The van der Waals surface area contributed by atoms with Crippen molar-refractivity contribution < 1.29 is 28.6 Å². The molecule has 0 radical (unpaired) electrons. The van der Waals surface area contributed by atoms with Crippen molar-refractivity contribution in [1.82, 2.24) is 10.6 Å². The fraction of sp³-hybridized carbons (Fsp3) is 0.500. The van der Waals surface area contributed by atoms with Crippen molar-refractivity contribution in [2.45, 2.75) is 58.9 Å². The van der Waals surface area contributed by atoms with E-state index in [0.717, 1.165) is 5.56 Å². The molecule has 9 nitrogen and oxygen atoms in total. The number of hydrogen-bond donors (Lipinski definition) is 4. The topological polar surface area (TPSA) is 134 Å². The number of alkyl carbamates (subject to hydrolysis) is 1. The van der Waals surface area contributed by atoms with E-state index in [9.17, 15) is 23.8 Å². The largest absolute Gasteiger partial charge is 0.450 e. The summed E-state index contributed by atoms with van der Waals surface area (Å²) in [5.74, 6) is -1.32. The molecule has 0 heterocycles. The van der Waals surface area contributed by atoms with E-state index in [-0.39, 0.29) is 30.8 Å². The van der Waals surface area contributed by atoms with Crippen LogP contribution in [0.4, 0.5) is 10.5 Å². The fourth-order valence-electron chi connectivity index (χ4n) is 4.33. The highest BCUT2D eigenvalue weighted by molar-refractivity contribution is 7.58. The van der Waals surface area contributed by atoms with E-state index >= 15 is 0 Å². The molecule has 0 spiro atoms. The zero-order valence-electron chi connectivity index (χ0n) is 23.8. The Balaban J connectivity index is 2.07. The number of unbranched alkanes of at least 4 members (excludes halogenated alkanes) is 1. The third kappa shape index (κ3) is 13.3. The van der Waals surface area contributed by atoms with Crippen molar-refractivity contribution in [2.24, 2.45) is 11.8 Å². The van der Waals surface area contributed by atoms with Gasteiger partial charge in [0.15, 0.2) is 0 Å². The van der Waals surface area contributed by atoms with Gasteiger partial charge in [-0.2, -0.15) is 0 Å². The maximum atomic E-state index is 13.5.